The van der Waals surface area contributed by atoms with Crippen LogP contribution in [0.15, 0.2) is 19.2 Å². The highest BCUT2D eigenvalue weighted by Crippen LogP contribution is 2.57. The van der Waals surface area contributed by atoms with Crippen LogP contribution in [0.4, 0.5) is 0 Å². The van der Waals surface area contributed by atoms with Gasteiger partial charge in [-0.25, -0.2) is 0 Å². The van der Waals surface area contributed by atoms with E-state index in [0.29, 0.717) is 0 Å². The predicted molar refractivity (Wildman–Crippen MR) is 83.9 cm³/mol. The van der Waals surface area contributed by atoms with Gasteiger partial charge in [0.1, 0.15) is 22.7 Å². The average Bonchev–Trinajstić information content (AvgIpc) is 2.86. The molecule has 2 atom stereocenters. The highest BCUT2D eigenvalue weighted by atomic mass is 32.2. The third-order valence-corrected chi connectivity index (χ3v) is 11.2. The Morgan fingerprint density at radius 1 is 1.06 bits per heavy atom. The summed E-state index contributed by atoms with van der Waals surface area (Å²) < 4.78 is 6.03. The van der Waals surface area contributed by atoms with Crippen molar-refractivity contribution in [2.75, 3.05) is 0 Å². The maximum atomic E-state index is 2.34. The lowest BCUT2D eigenvalue weighted by Crippen LogP contribution is -2.14. The highest BCUT2D eigenvalue weighted by molar-refractivity contribution is 8.26. The first-order valence-electron chi connectivity index (χ1n) is 4.90. The fraction of sp³-hybridized carbons (Fsp3) is 0.400. The van der Waals surface area contributed by atoms with Gasteiger partial charge in [0, 0.05) is 10.5 Å². The number of hydrogen-bond donors (Lipinski definition) is 0. The summed E-state index contributed by atoms with van der Waals surface area (Å²) in [4.78, 5) is 0. The van der Waals surface area contributed by atoms with E-state index in [2.05, 4.69) is 48.2 Å². The molecule has 0 unspecified atom stereocenters. The Labute approximate surface area is 121 Å². The smallest absolute Gasteiger partial charge is 0.102 e. The van der Waals surface area contributed by atoms with Crippen LogP contribution in [0, 0.1) is 4.58 Å². The van der Waals surface area contributed by atoms with Gasteiger partial charge in [-0.1, -0.05) is 37.4 Å². The molecule has 2 aliphatic rings. The Morgan fingerprint density at radius 3 is 2.50 bits per heavy atom. The third kappa shape index (κ3) is 2.34. The van der Waals surface area contributed by atoms with E-state index in [1.807, 2.05) is 46.2 Å². The first kappa shape index (κ1) is 12.2. The van der Waals surface area contributed by atoms with Crippen LogP contribution in [0.2, 0.25) is 0 Å². The number of fused-ring (bicyclic) bond motifs is 1. The lowest BCUT2D eigenvalue weighted by atomic mass is 10.4. The second kappa shape index (κ2) is 5.05. The first-order valence-corrected chi connectivity index (χ1v) is 10.0. The molecule has 0 N–H and O–H groups in total. The summed E-state index contributed by atoms with van der Waals surface area (Å²) in [7, 11) is 0. The van der Waals surface area contributed by atoms with Crippen LogP contribution in [-0.2, 0) is 0 Å². The largest absolute Gasteiger partial charge is 0.286 e. The molecule has 0 aromatic carbocycles. The number of hydrogen-bond acceptors (Lipinski definition) is 5. The van der Waals surface area contributed by atoms with Crippen LogP contribution < -0.4 is 0 Å². The van der Waals surface area contributed by atoms with E-state index < -0.39 is 0 Å². The normalized spacial score (nSPS) is 29.6. The van der Waals surface area contributed by atoms with Crippen molar-refractivity contribution in [3.63, 3.8) is 0 Å². The summed E-state index contributed by atoms with van der Waals surface area (Å²) in [5.41, 5.74) is 0. The lowest BCUT2D eigenvalue weighted by molar-refractivity contribution is 0.918. The molecule has 0 fully saturated rings. The van der Waals surface area contributed by atoms with Crippen molar-refractivity contribution in [1.29, 1.82) is 0 Å². The van der Waals surface area contributed by atoms with Crippen molar-refractivity contribution < 1.29 is 0 Å². The van der Waals surface area contributed by atoms with Gasteiger partial charge in [-0.3, -0.25) is 0 Å². The minimum absolute atomic E-state index is 0.739. The second-order valence-electron chi connectivity index (χ2n) is 3.51. The van der Waals surface area contributed by atoms with Crippen molar-refractivity contribution in [3.05, 3.63) is 19.6 Å². The molecule has 16 heavy (non-hydrogen) atoms. The van der Waals surface area contributed by atoms with Gasteiger partial charge in [0.25, 0.3) is 4.19 Å². The minimum Gasteiger partial charge on any atom is -0.102 e. The summed E-state index contributed by atoms with van der Waals surface area (Å²) >= 11 is 11.8. The van der Waals surface area contributed by atoms with Crippen LogP contribution in [0.5, 0.6) is 0 Å². The van der Waals surface area contributed by atoms with Crippen molar-refractivity contribution in [2.45, 2.75) is 32.8 Å². The van der Waals surface area contributed by atoms with Gasteiger partial charge >= 0.3 is 0 Å². The van der Waals surface area contributed by atoms with Gasteiger partial charge in [0.05, 0.1) is 0 Å². The van der Waals surface area contributed by atoms with Crippen LogP contribution in [0.3, 0.4) is 0 Å². The zero-order valence-corrected chi connectivity index (χ0v) is 13.7. The molecule has 0 saturated carbocycles. The topological polar surface area (TPSA) is 0 Å². The molecule has 1 aromatic rings. The predicted octanol–water partition coefficient (Wildman–Crippen LogP) is 5.85. The summed E-state index contributed by atoms with van der Waals surface area (Å²) in [5.74, 6) is 0. The SMILES string of the molecule is C[C@@H]1Sc2sc([C]3SC=CS3)[s+]c2S[C@H]1C. The molecule has 0 saturated heterocycles. The van der Waals surface area contributed by atoms with Crippen molar-refractivity contribution in [2.24, 2.45) is 0 Å². The molecule has 1 aromatic heterocycles. The summed E-state index contributed by atoms with van der Waals surface area (Å²) in [6.45, 7) is 4.67. The maximum Gasteiger partial charge on any atom is 0.286 e. The van der Waals surface area contributed by atoms with Gasteiger partial charge in [-0.05, 0) is 10.8 Å². The quantitative estimate of drug-likeness (QED) is 0.594. The average molecular weight is 323 g/mol. The Balaban J connectivity index is 1.86. The van der Waals surface area contributed by atoms with E-state index >= 15 is 0 Å². The summed E-state index contributed by atoms with van der Waals surface area (Å²) in [5, 5.41) is 5.83. The van der Waals surface area contributed by atoms with Gasteiger partial charge < -0.3 is 0 Å². The molecule has 2 aliphatic heterocycles. The van der Waals surface area contributed by atoms with Crippen LogP contribution in [-0.4, -0.2) is 10.5 Å². The molecule has 1 radical (unpaired) electrons. The summed E-state index contributed by atoms with van der Waals surface area (Å²) in [6, 6.07) is 0. The van der Waals surface area contributed by atoms with E-state index in [0.717, 1.165) is 10.5 Å². The van der Waals surface area contributed by atoms with Gasteiger partial charge in [-0.15, -0.1) is 23.5 Å². The molecule has 3 rings (SSSR count). The van der Waals surface area contributed by atoms with Crippen LogP contribution >= 0.6 is 69.7 Å². The fourth-order valence-electron chi connectivity index (χ4n) is 1.33. The van der Waals surface area contributed by atoms with E-state index in [9.17, 15) is 0 Å². The Morgan fingerprint density at radius 2 is 1.75 bits per heavy atom. The van der Waals surface area contributed by atoms with E-state index in [1.165, 1.54) is 17.2 Å². The molecular weight excluding hydrogens is 313 g/mol. The Kier molecular flexibility index (Phi) is 3.86. The Hall–Kier alpha value is 1.19. The molecule has 0 spiro atoms. The molecule has 3 heterocycles. The standard InChI is InChI=1S/C10H10S6/c1-5-6(2)14-10-9(13-5)15-8(16-10)7-11-3-4-12-7/h3-6H,1-2H3/q+1/t5-,6-/m0/s1. The molecule has 85 valence electrons. The van der Waals surface area contributed by atoms with E-state index in [1.54, 1.807) is 0 Å². The van der Waals surface area contributed by atoms with Gasteiger partial charge in [-0.2, -0.15) is 0 Å². The molecule has 0 aliphatic carbocycles. The Bertz CT molecular complexity index is 387. The number of thioether (sulfide) groups is 4. The second-order valence-corrected chi connectivity index (χ2v) is 11.2. The zero-order chi connectivity index (χ0) is 11.1. The first-order chi connectivity index (χ1) is 7.74. The molecule has 0 bridgehead atoms. The monoisotopic (exact) mass is 322 g/mol. The van der Waals surface area contributed by atoms with Crippen molar-refractivity contribution in [3.8, 4) is 0 Å². The summed E-state index contributed by atoms with van der Waals surface area (Å²) in [6.07, 6.45) is 0. The van der Waals surface area contributed by atoms with Crippen LogP contribution in [0.25, 0.3) is 0 Å². The zero-order valence-electron chi connectivity index (χ0n) is 8.76. The van der Waals surface area contributed by atoms with E-state index in [-0.39, 0.29) is 0 Å². The van der Waals surface area contributed by atoms with Crippen molar-refractivity contribution in [1.82, 2.24) is 0 Å². The maximum absolute atomic E-state index is 2.34. The highest BCUT2D eigenvalue weighted by Gasteiger charge is 2.37. The molecular formula is C10H10S6+. The van der Waals surface area contributed by atoms with E-state index in [4.69, 9.17) is 0 Å². The fourth-order valence-corrected chi connectivity index (χ4v) is 9.96. The minimum atomic E-state index is 0.739. The van der Waals surface area contributed by atoms with Crippen molar-refractivity contribution >= 4 is 69.7 Å². The third-order valence-electron chi connectivity index (χ3n) is 2.36. The molecule has 6 heteroatoms. The molecule has 0 amide bonds. The molecule has 0 nitrogen and oxygen atoms in total. The lowest BCUT2D eigenvalue weighted by Gasteiger charge is -2.19. The van der Waals surface area contributed by atoms with Gasteiger partial charge in [0.2, 0.25) is 8.42 Å². The van der Waals surface area contributed by atoms with Gasteiger partial charge in [0.15, 0.2) is 4.58 Å². The van der Waals surface area contributed by atoms with Crippen LogP contribution in [0.1, 0.15) is 18.0 Å². The number of rotatable bonds is 1.